The summed E-state index contributed by atoms with van der Waals surface area (Å²) < 4.78 is 0. The molecule has 0 radical (unpaired) electrons. The van der Waals surface area contributed by atoms with Crippen molar-refractivity contribution in [1.82, 2.24) is 15.2 Å². The first kappa shape index (κ1) is 12.6. The van der Waals surface area contributed by atoms with Gasteiger partial charge in [0, 0.05) is 24.0 Å². The number of aryl methyl sites for hydroxylation is 1. The zero-order chi connectivity index (χ0) is 11.3. The maximum absolute atomic E-state index is 4.24. The summed E-state index contributed by atoms with van der Waals surface area (Å²) in [6.45, 7) is 6.39. The first-order valence-corrected chi connectivity index (χ1v) is 6.25. The fourth-order valence-electron chi connectivity index (χ4n) is 1.26. The van der Waals surface area contributed by atoms with Crippen LogP contribution in [-0.2, 0) is 6.42 Å². The van der Waals surface area contributed by atoms with Gasteiger partial charge in [0.05, 0.1) is 11.2 Å². The van der Waals surface area contributed by atoms with E-state index in [-0.39, 0.29) is 0 Å². The first-order valence-electron chi connectivity index (χ1n) is 5.37. The fraction of sp³-hybridized carbons (Fsp3) is 0.727. The van der Waals surface area contributed by atoms with Crippen molar-refractivity contribution in [2.75, 3.05) is 27.2 Å². The van der Waals surface area contributed by atoms with E-state index in [0.29, 0.717) is 6.04 Å². The molecule has 15 heavy (non-hydrogen) atoms. The van der Waals surface area contributed by atoms with Crippen LogP contribution >= 0.6 is 11.3 Å². The quantitative estimate of drug-likeness (QED) is 0.747. The summed E-state index contributed by atoms with van der Waals surface area (Å²) >= 11 is 1.75. The van der Waals surface area contributed by atoms with Gasteiger partial charge in [0.25, 0.3) is 0 Å². The lowest BCUT2D eigenvalue weighted by Crippen LogP contribution is -2.36. The molecule has 0 saturated heterocycles. The molecule has 0 aliphatic carbocycles. The molecule has 0 aliphatic rings. The molecule has 1 N–H and O–H groups in total. The Bertz CT molecular complexity index is 283. The van der Waals surface area contributed by atoms with Gasteiger partial charge in [0.1, 0.15) is 0 Å². The van der Waals surface area contributed by atoms with Crippen LogP contribution in [0, 0.1) is 6.92 Å². The summed E-state index contributed by atoms with van der Waals surface area (Å²) in [5, 5.41) is 3.47. The number of rotatable bonds is 6. The lowest BCUT2D eigenvalue weighted by molar-refractivity contribution is 0.304. The number of aromatic nitrogens is 1. The molecular formula is C11H21N3S. The van der Waals surface area contributed by atoms with Crippen LogP contribution < -0.4 is 5.32 Å². The van der Waals surface area contributed by atoms with E-state index in [0.717, 1.165) is 19.5 Å². The van der Waals surface area contributed by atoms with E-state index in [4.69, 9.17) is 0 Å². The minimum Gasteiger partial charge on any atom is -0.315 e. The molecular weight excluding hydrogens is 206 g/mol. The van der Waals surface area contributed by atoms with Crippen LogP contribution in [0.4, 0.5) is 0 Å². The molecule has 0 bridgehead atoms. The number of hydrogen-bond donors (Lipinski definition) is 1. The van der Waals surface area contributed by atoms with E-state index < -0.39 is 0 Å². The minimum absolute atomic E-state index is 0.590. The second-order valence-electron chi connectivity index (χ2n) is 4.13. The molecule has 1 unspecified atom stereocenters. The zero-order valence-corrected chi connectivity index (χ0v) is 10.9. The molecule has 0 aromatic carbocycles. The molecule has 86 valence electrons. The molecule has 0 saturated carbocycles. The van der Waals surface area contributed by atoms with Crippen molar-refractivity contribution in [2.24, 2.45) is 0 Å². The molecule has 1 aromatic heterocycles. The summed E-state index contributed by atoms with van der Waals surface area (Å²) in [6.07, 6.45) is 1.09. The van der Waals surface area contributed by atoms with Crippen LogP contribution in [0.25, 0.3) is 0 Å². The first-order chi connectivity index (χ1) is 7.11. The third-order valence-corrected chi connectivity index (χ3v) is 3.69. The maximum atomic E-state index is 4.24. The molecule has 0 amide bonds. The molecule has 1 aromatic rings. The van der Waals surface area contributed by atoms with Gasteiger partial charge >= 0.3 is 0 Å². The molecule has 0 spiro atoms. The van der Waals surface area contributed by atoms with Gasteiger partial charge in [0.15, 0.2) is 0 Å². The highest BCUT2D eigenvalue weighted by Crippen LogP contribution is 2.11. The Labute approximate surface area is 96.5 Å². The Balaban J connectivity index is 2.15. The Morgan fingerprint density at radius 1 is 1.53 bits per heavy atom. The third kappa shape index (κ3) is 4.28. The van der Waals surface area contributed by atoms with Crippen molar-refractivity contribution >= 4 is 11.3 Å². The summed E-state index contributed by atoms with van der Waals surface area (Å²) in [7, 11) is 4.22. The second-order valence-corrected chi connectivity index (χ2v) is 5.07. The van der Waals surface area contributed by atoms with Gasteiger partial charge in [-0.15, -0.1) is 11.3 Å². The van der Waals surface area contributed by atoms with E-state index in [1.165, 1.54) is 10.6 Å². The molecule has 1 rings (SSSR count). The fourth-order valence-corrected chi connectivity index (χ4v) is 2.04. The van der Waals surface area contributed by atoms with Crippen molar-refractivity contribution < 1.29 is 0 Å². The largest absolute Gasteiger partial charge is 0.315 e. The highest BCUT2D eigenvalue weighted by molar-refractivity contribution is 7.09. The van der Waals surface area contributed by atoms with E-state index in [2.05, 4.69) is 43.1 Å². The lowest BCUT2D eigenvalue weighted by Gasteiger charge is -2.19. The Kier molecular flexibility index (Phi) is 5.22. The Morgan fingerprint density at radius 2 is 2.27 bits per heavy atom. The number of thiazole rings is 1. The van der Waals surface area contributed by atoms with Crippen LogP contribution in [0.5, 0.6) is 0 Å². The molecule has 4 heteroatoms. The van der Waals surface area contributed by atoms with Crippen LogP contribution in [0.15, 0.2) is 5.51 Å². The molecule has 1 atom stereocenters. The summed E-state index contributed by atoms with van der Waals surface area (Å²) in [5.74, 6) is 0. The van der Waals surface area contributed by atoms with Crippen molar-refractivity contribution in [3.8, 4) is 0 Å². The van der Waals surface area contributed by atoms with Gasteiger partial charge in [0.2, 0.25) is 0 Å². The van der Waals surface area contributed by atoms with Gasteiger partial charge in [-0.2, -0.15) is 0 Å². The van der Waals surface area contributed by atoms with Gasteiger partial charge in [-0.1, -0.05) is 0 Å². The summed E-state index contributed by atoms with van der Waals surface area (Å²) in [4.78, 5) is 7.87. The zero-order valence-electron chi connectivity index (χ0n) is 10.1. The second kappa shape index (κ2) is 6.20. The molecule has 1 heterocycles. The van der Waals surface area contributed by atoms with Gasteiger partial charge in [-0.05, 0) is 34.4 Å². The predicted octanol–water partition coefficient (Wildman–Crippen LogP) is 1.53. The lowest BCUT2D eigenvalue weighted by atomic mass is 10.3. The van der Waals surface area contributed by atoms with E-state index in [1.807, 2.05) is 5.51 Å². The summed E-state index contributed by atoms with van der Waals surface area (Å²) in [6, 6.07) is 0.590. The SMILES string of the molecule is Cc1ncsc1CCNCC(C)N(C)C. The average molecular weight is 227 g/mol. The van der Waals surface area contributed by atoms with Gasteiger partial charge in [-0.3, -0.25) is 0 Å². The average Bonchev–Trinajstić information content (AvgIpc) is 2.58. The minimum atomic E-state index is 0.590. The topological polar surface area (TPSA) is 28.2 Å². The van der Waals surface area contributed by atoms with Crippen LogP contribution in [0.3, 0.4) is 0 Å². The van der Waals surface area contributed by atoms with Crippen molar-refractivity contribution in [1.29, 1.82) is 0 Å². The molecule has 3 nitrogen and oxygen atoms in total. The molecule has 0 fully saturated rings. The van der Waals surface area contributed by atoms with Gasteiger partial charge in [-0.25, -0.2) is 4.98 Å². The van der Waals surface area contributed by atoms with Crippen molar-refractivity contribution in [2.45, 2.75) is 26.3 Å². The van der Waals surface area contributed by atoms with Crippen LogP contribution in [0.1, 0.15) is 17.5 Å². The Morgan fingerprint density at radius 3 is 2.80 bits per heavy atom. The molecule has 0 aliphatic heterocycles. The highest BCUT2D eigenvalue weighted by Gasteiger charge is 2.04. The normalized spacial score (nSPS) is 13.4. The number of hydrogen-bond acceptors (Lipinski definition) is 4. The van der Waals surface area contributed by atoms with E-state index >= 15 is 0 Å². The van der Waals surface area contributed by atoms with Crippen LogP contribution in [0.2, 0.25) is 0 Å². The van der Waals surface area contributed by atoms with E-state index in [9.17, 15) is 0 Å². The predicted molar refractivity (Wildman–Crippen MR) is 66.6 cm³/mol. The van der Waals surface area contributed by atoms with E-state index in [1.54, 1.807) is 11.3 Å². The third-order valence-electron chi connectivity index (χ3n) is 2.69. The maximum Gasteiger partial charge on any atom is 0.0797 e. The van der Waals surface area contributed by atoms with Gasteiger partial charge < -0.3 is 10.2 Å². The number of likely N-dealkylation sites (N-methyl/N-ethyl adjacent to an activating group) is 1. The monoisotopic (exact) mass is 227 g/mol. The number of nitrogens with one attached hydrogen (secondary N) is 1. The van der Waals surface area contributed by atoms with Crippen LogP contribution in [-0.4, -0.2) is 43.1 Å². The highest BCUT2D eigenvalue weighted by atomic mass is 32.1. The van der Waals surface area contributed by atoms with Crippen molar-refractivity contribution in [3.05, 3.63) is 16.1 Å². The van der Waals surface area contributed by atoms with Crippen molar-refractivity contribution in [3.63, 3.8) is 0 Å². The standard InChI is InChI=1S/C11H21N3S/c1-9(14(3)4)7-12-6-5-11-10(2)13-8-15-11/h8-9,12H,5-7H2,1-4H3. The summed E-state index contributed by atoms with van der Waals surface area (Å²) in [5.41, 5.74) is 3.11. The number of nitrogens with zero attached hydrogens (tertiary/aromatic N) is 2. The Hall–Kier alpha value is -0.450. The smallest absolute Gasteiger partial charge is 0.0797 e.